The van der Waals surface area contributed by atoms with E-state index in [1.165, 1.54) is 12.0 Å². The largest absolute Gasteiger partial charge is 0.487 e. The second-order valence-electron chi connectivity index (χ2n) is 12.0. The van der Waals surface area contributed by atoms with Crippen molar-refractivity contribution in [2.75, 3.05) is 75.9 Å². The number of aromatic nitrogens is 3. The molecular formula is C32H40FN7O3. The van der Waals surface area contributed by atoms with Gasteiger partial charge in [-0.05, 0) is 67.8 Å². The molecule has 1 N–H and O–H groups in total. The van der Waals surface area contributed by atoms with Gasteiger partial charge in [0.1, 0.15) is 24.4 Å². The molecule has 3 aromatic rings. The van der Waals surface area contributed by atoms with Crippen LogP contribution in [0.3, 0.4) is 0 Å². The van der Waals surface area contributed by atoms with Crippen molar-refractivity contribution in [3.63, 3.8) is 0 Å². The third kappa shape index (κ3) is 6.45. The fourth-order valence-electron chi connectivity index (χ4n) is 6.42. The number of anilines is 3. The predicted octanol–water partition coefficient (Wildman–Crippen LogP) is 3.69. The summed E-state index contributed by atoms with van der Waals surface area (Å²) in [5, 5.41) is 3.31. The molecule has 4 fully saturated rings. The average Bonchev–Trinajstić information content (AvgIpc) is 3.55. The molecule has 0 radical (unpaired) electrons. The molecule has 7 rings (SSSR count). The van der Waals surface area contributed by atoms with E-state index >= 15 is 4.39 Å². The molecule has 1 unspecified atom stereocenters. The Bertz CT molecular complexity index is 1380. The number of hydrogen-bond acceptors (Lipinski definition) is 10. The molecule has 0 spiro atoms. The van der Waals surface area contributed by atoms with Crippen LogP contribution in [0.2, 0.25) is 0 Å². The number of rotatable bonds is 8. The van der Waals surface area contributed by atoms with Crippen LogP contribution in [-0.4, -0.2) is 115 Å². The molecule has 3 atom stereocenters. The zero-order chi connectivity index (χ0) is 29.2. The van der Waals surface area contributed by atoms with E-state index in [1.807, 2.05) is 25.1 Å². The van der Waals surface area contributed by atoms with Gasteiger partial charge in [0, 0.05) is 68.9 Å². The van der Waals surface area contributed by atoms with E-state index in [0.717, 1.165) is 75.8 Å². The summed E-state index contributed by atoms with van der Waals surface area (Å²) >= 11 is 0. The normalized spacial score (nSPS) is 25.4. The molecule has 1 aromatic heterocycles. The highest BCUT2D eigenvalue weighted by molar-refractivity contribution is 5.62. The maximum absolute atomic E-state index is 15.1. The Morgan fingerprint density at radius 3 is 2.40 bits per heavy atom. The Hall–Kier alpha value is -3.38. The van der Waals surface area contributed by atoms with Crippen molar-refractivity contribution in [1.82, 2.24) is 24.8 Å². The summed E-state index contributed by atoms with van der Waals surface area (Å²) in [6, 6.07) is 15.1. The average molecular weight is 590 g/mol. The highest BCUT2D eigenvalue weighted by Crippen LogP contribution is 2.30. The van der Waals surface area contributed by atoms with Crippen molar-refractivity contribution < 1.29 is 18.6 Å². The lowest BCUT2D eigenvalue weighted by Gasteiger charge is -2.43. The quantitative estimate of drug-likeness (QED) is 0.420. The smallest absolute Gasteiger partial charge is 0.230 e. The van der Waals surface area contributed by atoms with Crippen molar-refractivity contribution in [3.05, 3.63) is 54.4 Å². The number of ether oxygens (including phenoxy) is 3. The highest BCUT2D eigenvalue weighted by atomic mass is 19.1. The van der Waals surface area contributed by atoms with E-state index < -0.39 is 12.3 Å². The topological polar surface area (TPSA) is 88.1 Å². The molecule has 43 heavy (non-hydrogen) atoms. The maximum Gasteiger partial charge on any atom is 0.230 e. The Balaban J connectivity index is 0.948. The molecule has 4 aliphatic rings. The number of nitrogens with one attached hydrogen (secondary N) is 1. The van der Waals surface area contributed by atoms with Crippen molar-refractivity contribution in [2.24, 2.45) is 0 Å². The Morgan fingerprint density at radius 2 is 1.70 bits per heavy atom. The van der Waals surface area contributed by atoms with Gasteiger partial charge < -0.3 is 24.4 Å². The Kier molecular flexibility index (Phi) is 8.38. The lowest BCUT2D eigenvalue weighted by molar-refractivity contribution is -0.0660. The van der Waals surface area contributed by atoms with Gasteiger partial charge in [0.2, 0.25) is 5.95 Å². The third-order valence-electron chi connectivity index (χ3n) is 9.16. The first-order valence-electron chi connectivity index (χ1n) is 15.5. The second-order valence-corrected chi connectivity index (χ2v) is 12.0. The van der Waals surface area contributed by atoms with Gasteiger partial charge in [-0.2, -0.15) is 4.98 Å². The van der Waals surface area contributed by atoms with E-state index in [0.29, 0.717) is 49.2 Å². The molecule has 10 nitrogen and oxygen atoms in total. The number of benzene rings is 2. The van der Waals surface area contributed by atoms with Gasteiger partial charge in [-0.15, -0.1) is 0 Å². The van der Waals surface area contributed by atoms with E-state index in [1.54, 1.807) is 0 Å². The molecule has 5 heterocycles. The van der Waals surface area contributed by atoms with Gasteiger partial charge in [-0.1, -0.05) is 0 Å². The van der Waals surface area contributed by atoms with Crippen LogP contribution in [0.4, 0.5) is 21.7 Å². The SMILES string of the molecule is Cc1cc(-c2ncnc(Nc3ccc(N4CCN(C5COC5)CC4)cc3)n2)ccc1O[C@H]1CCN(C2CCOC2)C[C@H]1F. The molecular weight excluding hydrogens is 549 g/mol. The number of piperidine rings is 1. The van der Waals surface area contributed by atoms with Gasteiger partial charge in [-0.25, -0.2) is 14.4 Å². The van der Waals surface area contributed by atoms with Crippen molar-refractivity contribution >= 4 is 17.3 Å². The molecule has 2 aromatic carbocycles. The number of alkyl halides is 1. The number of halogens is 1. The number of aryl methyl sites for hydroxylation is 1. The summed E-state index contributed by atoms with van der Waals surface area (Å²) < 4.78 is 32.1. The molecule has 4 saturated heterocycles. The Labute approximate surface area is 252 Å². The van der Waals surface area contributed by atoms with Crippen LogP contribution in [0.25, 0.3) is 11.4 Å². The van der Waals surface area contributed by atoms with Crippen LogP contribution >= 0.6 is 0 Å². The number of piperazine rings is 1. The van der Waals surface area contributed by atoms with Crippen LogP contribution in [0.5, 0.6) is 5.75 Å². The van der Waals surface area contributed by atoms with Crippen LogP contribution in [0, 0.1) is 6.92 Å². The molecule has 11 heteroatoms. The molecule has 0 amide bonds. The molecule has 4 aliphatic heterocycles. The lowest BCUT2D eigenvalue weighted by Crippen LogP contribution is -2.56. The predicted molar refractivity (Wildman–Crippen MR) is 163 cm³/mol. The van der Waals surface area contributed by atoms with Gasteiger partial charge in [0.25, 0.3) is 0 Å². The molecule has 0 aliphatic carbocycles. The minimum atomic E-state index is -1.03. The summed E-state index contributed by atoms with van der Waals surface area (Å²) in [6.07, 6.45) is 1.68. The monoisotopic (exact) mass is 589 g/mol. The fourth-order valence-corrected chi connectivity index (χ4v) is 6.42. The van der Waals surface area contributed by atoms with Crippen LogP contribution in [0.1, 0.15) is 18.4 Å². The minimum absolute atomic E-state index is 0.332. The fraction of sp³-hybridized carbons (Fsp3) is 0.531. The van der Waals surface area contributed by atoms with E-state index in [4.69, 9.17) is 14.2 Å². The number of hydrogen-bond donors (Lipinski definition) is 1. The van der Waals surface area contributed by atoms with Crippen molar-refractivity contribution in [2.45, 2.75) is 44.1 Å². The molecule has 0 bridgehead atoms. The highest BCUT2D eigenvalue weighted by Gasteiger charge is 2.35. The van der Waals surface area contributed by atoms with E-state index in [2.05, 4.69) is 59.2 Å². The minimum Gasteiger partial charge on any atom is -0.487 e. The number of nitrogens with zero attached hydrogens (tertiary/aromatic N) is 6. The van der Waals surface area contributed by atoms with Gasteiger partial charge in [0.05, 0.1) is 25.9 Å². The first-order chi connectivity index (χ1) is 21.1. The van der Waals surface area contributed by atoms with Crippen LogP contribution in [0.15, 0.2) is 48.8 Å². The standard InChI is InChI=1S/C32H40FN7O3/c1-22-16-23(2-7-29(22)43-30-8-10-40(17-28(30)33)26-9-15-41-18-26)31-34-21-35-32(37-31)36-24-3-5-25(6-4-24)38-11-13-39(14-12-38)27-19-42-20-27/h2-7,16,21,26-28,30H,8-15,17-20H2,1H3,(H,34,35,36,37)/t26?,28-,30+/m1/s1. The molecule has 0 saturated carbocycles. The Morgan fingerprint density at radius 1 is 0.884 bits per heavy atom. The zero-order valence-electron chi connectivity index (χ0n) is 24.7. The summed E-state index contributed by atoms with van der Waals surface area (Å²) in [4.78, 5) is 20.6. The second kappa shape index (κ2) is 12.7. The van der Waals surface area contributed by atoms with Crippen molar-refractivity contribution in [1.29, 1.82) is 0 Å². The third-order valence-corrected chi connectivity index (χ3v) is 9.16. The van der Waals surface area contributed by atoms with E-state index in [9.17, 15) is 0 Å². The first kappa shape index (κ1) is 28.4. The van der Waals surface area contributed by atoms with Gasteiger partial charge in [0.15, 0.2) is 5.82 Å². The maximum atomic E-state index is 15.1. The van der Waals surface area contributed by atoms with Gasteiger partial charge >= 0.3 is 0 Å². The lowest BCUT2D eigenvalue weighted by atomic mass is 10.0. The van der Waals surface area contributed by atoms with Crippen LogP contribution in [-0.2, 0) is 9.47 Å². The van der Waals surface area contributed by atoms with Crippen molar-refractivity contribution in [3.8, 4) is 17.1 Å². The van der Waals surface area contributed by atoms with Gasteiger partial charge in [-0.3, -0.25) is 9.80 Å². The summed E-state index contributed by atoms with van der Waals surface area (Å²) in [6.45, 7) is 10.6. The molecule has 228 valence electrons. The van der Waals surface area contributed by atoms with Crippen LogP contribution < -0.4 is 15.0 Å². The van der Waals surface area contributed by atoms with E-state index in [-0.39, 0.29) is 0 Å². The summed E-state index contributed by atoms with van der Waals surface area (Å²) in [7, 11) is 0. The summed E-state index contributed by atoms with van der Waals surface area (Å²) in [5.74, 6) is 1.74. The number of likely N-dealkylation sites (tertiary alicyclic amines) is 1. The zero-order valence-corrected chi connectivity index (χ0v) is 24.7. The first-order valence-corrected chi connectivity index (χ1v) is 15.5. The summed E-state index contributed by atoms with van der Waals surface area (Å²) in [5.41, 5.74) is 3.91.